The molecule has 0 bridgehead atoms. The number of carbonyl (C=O) groups is 1. The lowest BCUT2D eigenvalue weighted by atomic mass is 9.99. The van der Waals surface area contributed by atoms with E-state index >= 15 is 0 Å². The van der Waals surface area contributed by atoms with Crippen LogP contribution in [-0.4, -0.2) is 33.9 Å². The number of aromatic nitrogens is 3. The minimum Gasteiger partial charge on any atom is -0.381 e. The van der Waals surface area contributed by atoms with Crippen LogP contribution < -0.4 is 5.32 Å². The van der Waals surface area contributed by atoms with Crippen LogP contribution in [0.1, 0.15) is 40.0 Å². The third-order valence-electron chi connectivity index (χ3n) is 4.07. The fourth-order valence-electron chi connectivity index (χ4n) is 2.86. The molecular formula is C16H22N4O2S. The summed E-state index contributed by atoms with van der Waals surface area (Å²) in [5.41, 5.74) is 1.84. The Kier molecular flexibility index (Phi) is 4.77. The molecule has 2 aromatic heterocycles. The number of ether oxygens (including phenoxy) is 1. The van der Waals surface area contributed by atoms with Gasteiger partial charge in [-0.2, -0.15) is 5.10 Å². The highest BCUT2D eigenvalue weighted by atomic mass is 32.1. The molecule has 0 aliphatic carbocycles. The van der Waals surface area contributed by atoms with Crippen molar-refractivity contribution in [3.05, 3.63) is 27.3 Å². The number of hydrogen-bond acceptors (Lipinski definition) is 5. The molecule has 1 aliphatic rings. The van der Waals surface area contributed by atoms with Crippen LogP contribution in [0.5, 0.6) is 0 Å². The van der Waals surface area contributed by atoms with Gasteiger partial charge in [0.25, 0.3) is 0 Å². The predicted molar refractivity (Wildman–Crippen MR) is 89.9 cm³/mol. The van der Waals surface area contributed by atoms with Crippen LogP contribution in [-0.2, 0) is 23.0 Å². The molecule has 124 valence electrons. The molecule has 1 saturated heterocycles. The number of nitrogens with one attached hydrogen (secondary N) is 1. The first kappa shape index (κ1) is 16.1. The maximum atomic E-state index is 12.3. The molecule has 1 N–H and O–H groups in total. The molecule has 1 aliphatic heterocycles. The van der Waals surface area contributed by atoms with E-state index in [9.17, 15) is 4.79 Å². The van der Waals surface area contributed by atoms with Gasteiger partial charge < -0.3 is 10.1 Å². The van der Waals surface area contributed by atoms with Gasteiger partial charge >= 0.3 is 0 Å². The van der Waals surface area contributed by atoms with E-state index in [2.05, 4.69) is 15.4 Å². The molecule has 23 heavy (non-hydrogen) atoms. The van der Waals surface area contributed by atoms with E-state index in [0.717, 1.165) is 46.5 Å². The van der Waals surface area contributed by atoms with Gasteiger partial charge in [0.15, 0.2) is 0 Å². The lowest BCUT2D eigenvalue weighted by molar-refractivity contribution is -0.115. The quantitative estimate of drug-likeness (QED) is 0.933. The van der Waals surface area contributed by atoms with Crippen molar-refractivity contribution in [2.24, 2.45) is 7.05 Å². The third kappa shape index (κ3) is 3.79. The van der Waals surface area contributed by atoms with Crippen molar-refractivity contribution in [1.82, 2.24) is 14.8 Å². The summed E-state index contributed by atoms with van der Waals surface area (Å²) < 4.78 is 7.24. The van der Waals surface area contributed by atoms with Crippen molar-refractivity contribution in [1.29, 1.82) is 0 Å². The molecule has 1 atom stereocenters. The summed E-state index contributed by atoms with van der Waals surface area (Å²) in [5.74, 6) is 0.983. The minimum absolute atomic E-state index is 0.0622. The average molecular weight is 334 g/mol. The molecule has 2 aromatic rings. The van der Waals surface area contributed by atoms with Crippen LogP contribution in [0.2, 0.25) is 0 Å². The highest BCUT2D eigenvalue weighted by Gasteiger charge is 2.20. The second kappa shape index (κ2) is 6.80. The van der Waals surface area contributed by atoms with E-state index in [-0.39, 0.29) is 5.91 Å². The Morgan fingerprint density at radius 1 is 1.52 bits per heavy atom. The summed E-state index contributed by atoms with van der Waals surface area (Å²) in [4.78, 5) is 17.8. The SMILES string of the molecule is Cc1nc(CC(=O)Nc2cc([C@H]3CCCOC3)nn2C)c(C)s1. The molecule has 1 fully saturated rings. The third-order valence-corrected chi connectivity index (χ3v) is 5.00. The van der Waals surface area contributed by atoms with Gasteiger partial charge in [-0.15, -0.1) is 11.3 Å². The molecule has 7 heteroatoms. The molecular weight excluding hydrogens is 312 g/mol. The molecule has 0 aromatic carbocycles. The maximum absolute atomic E-state index is 12.3. The first-order valence-electron chi connectivity index (χ1n) is 7.87. The molecule has 0 spiro atoms. The van der Waals surface area contributed by atoms with E-state index < -0.39 is 0 Å². The summed E-state index contributed by atoms with van der Waals surface area (Å²) in [6.45, 7) is 5.50. The average Bonchev–Trinajstić information content (AvgIpc) is 3.03. The standard InChI is InChI=1S/C16H22N4O2S/c1-10-13(17-11(2)23-10)8-16(21)18-15-7-14(19-20(15)3)12-5-4-6-22-9-12/h7,12H,4-6,8-9H2,1-3H3,(H,18,21)/t12-/m0/s1. The second-order valence-electron chi connectivity index (χ2n) is 5.95. The van der Waals surface area contributed by atoms with Gasteiger partial charge in [0.05, 0.1) is 29.4 Å². The lowest BCUT2D eigenvalue weighted by Gasteiger charge is -2.19. The Morgan fingerprint density at radius 3 is 3.00 bits per heavy atom. The Bertz CT molecular complexity index is 701. The first-order chi connectivity index (χ1) is 11.0. The van der Waals surface area contributed by atoms with Gasteiger partial charge in [-0.25, -0.2) is 4.98 Å². The molecule has 1 amide bonds. The van der Waals surface area contributed by atoms with E-state index in [4.69, 9.17) is 4.74 Å². The van der Waals surface area contributed by atoms with Crippen molar-refractivity contribution in [2.75, 3.05) is 18.5 Å². The predicted octanol–water partition coefficient (Wildman–Crippen LogP) is 2.57. The molecule has 3 heterocycles. The van der Waals surface area contributed by atoms with Crippen molar-refractivity contribution in [3.8, 4) is 0 Å². The van der Waals surface area contributed by atoms with E-state index in [0.29, 0.717) is 18.9 Å². The van der Waals surface area contributed by atoms with Crippen molar-refractivity contribution in [3.63, 3.8) is 0 Å². The second-order valence-corrected chi connectivity index (χ2v) is 7.36. The van der Waals surface area contributed by atoms with Gasteiger partial charge in [0.1, 0.15) is 5.82 Å². The number of rotatable bonds is 4. The zero-order valence-corrected chi connectivity index (χ0v) is 14.6. The largest absolute Gasteiger partial charge is 0.381 e. The zero-order chi connectivity index (χ0) is 16.4. The van der Waals surface area contributed by atoms with Gasteiger partial charge in [-0.05, 0) is 26.7 Å². The van der Waals surface area contributed by atoms with Crippen LogP contribution in [0.3, 0.4) is 0 Å². The van der Waals surface area contributed by atoms with Crippen LogP contribution in [0, 0.1) is 13.8 Å². The Morgan fingerprint density at radius 2 is 2.35 bits per heavy atom. The van der Waals surface area contributed by atoms with Gasteiger partial charge in [-0.3, -0.25) is 9.48 Å². The topological polar surface area (TPSA) is 69.0 Å². The Balaban J connectivity index is 1.66. The number of nitrogens with zero attached hydrogens (tertiary/aromatic N) is 3. The van der Waals surface area contributed by atoms with Crippen LogP contribution >= 0.6 is 11.3 Å². The summed E-state index contributed by atoms with van der Waals surface area (Å²) in [5, 5.41) is 8.46. The smallest absolute Gasteiger partial charge is 0.231 e. The van der Waals surface area contributed by atoms with E-state index in [1.807, 2.05) is 27.0 Å². The molecule has 0 saturated carbocycles. The van der Waals surface area contributed by atoms with Crippen molar-refractivity contribution in [2.45, 2.75) is 39.0 Å². The van der Waals surface area contributed by atoms with Crippen LogP contribution in [0.25, 0.3) is 0 Å². The lowest BCUT2D eigenvalue weighted by Crippen LogP contribution is -2.17. The van der Waals surface area contributed by atoms with Gasteiger partial charge in [0, 0.05) is 30.5 Å². The normalized spacial score (nSPS) is 18.1. The Labute approximate surface area is 139 Å². The summed E-state index contributed by atoms with van der Waals surface area (Å²) in [6, 6.07) is 1.95. The first-order valence-corrected chi connectivity index (χ1v) is 8.69. The monoisotopic (exact) mass is 334 g/mol. The molecule has 6 nitrogen and oxygen atoms in total. The fourth-order valence-corrected chi connectivity index (χ4v) is 3.69. The van der Waals surface area contributed by atoms with Crippen LogP contribution in [0.15, 0.2) is 6.07 Å². The number of carbonyl (C=O) groups excluding carboxylic acids is 1. The van der Waals surface area contributed by atoms with E-state index in [1.54, 1.807) is 16.0 Å². The summed E-state index contributed by atoms with van der Waals surface area (Å²) >= 11 is 1.62. The van der Waals surface area contributed by atoms with Gasteiger partial charge in [0.2, 0.25) is 5.91 Å². The highest BCUT2D eigenvalue weighted by molar-refractivity contribution is 7.11. The number of aryl methyl sites for hydroxylation is 3. The number of anilines is 1. The number of thiazole rings is 1. The fraction of sp³-hybridized carbons (Fsp3) is 0.562. The van der Waals surface area contributed by atoms with Crippen LogP contribution in [0.4, 0.5) is 5.82 Å². The number of hydrogen-bond donors (Lipinski definition) is 1. The highest BCUT2D eigenvalue weighted by Crippen LogP contribution is 2.26. The van der Waals surface area contributed by atoms with E-state index in [1.165, 1.54) is 0 Å². The zero-order valence-electron chi connectivity index (χ0n) is 13.8. The maximum Gasteiger partial charge on any atom is 0.231 e. The molecule has 0 radical (unpaired) electrons. The molecule has 3 rings (SSSR count). The molecule has 0 unspecified atom stereocenters. The number of amides is 1. The summed E-state index contributed by atoms with van der Waals surface area (Å²) in [6.07, 6.45) is 2.44. The Hall–Kier alpha value is -1.73. The minimum atomic E-state index is -0.0622. The summed E-state index contributed by atoms with van der Waals surface area (Å²) in [7, 11) is 1.85. The van der Waals surface area contributed by atoms with Crippen molar-refractivity contribution < 1.29 is 9.53 Å². The van der Waals surface area contributed by atoms with Crippen molar-refractivity contribution >= 4 is 23.1 Å². The van der Waals surface area contributed by atoms with Gasteiger partial charge in [-0.1, -0.05) is 0 Å².